The van der Waals surface area contributed by atoms with Gasteiger partial charge in [0.15, 0.2) is 0 Å². The maximum absolute atomic E-state index is 13.3. The lowest BCUT2D eigenvalue weighted by Gasteiger charge is -2.25. The molecule has 1 nitrogen and oxygen atoms in total. The molecule has 1 heterocycles. The first kappa shape index (κ1) is 14.6. The number of benzene rings is 1. The highest BCUT2D eigenvalue weighted by molar-refractivity contribution is 9.10. The Kier molecular flexibility index (Phi) is 4.27. The van der Waals surface area contributed by atoms with Crippen molar-refractivity contribution in [2.24, 2.45) is 0 Å². The van der Waals surface area contributed by atoms with Crippen LogP contribution in [0.1, 0.15) is 29.3 Å². The minimum absolute atomic E-state index is 0.168. The van der Waals surface area contributed by atoms with Crippen LogP contribution >= 0.6 is 50.5 Å². The second-order valence-corrected chi connectivity index (χ2v) is 7.79. The number of aryl methyl sites for hydroxylation is 1. The second-order valence-electron chi connectivity index (χ2n) is 4.76. The molecule has 6 heteroatoms. The first-order chi connectivity index (χ1) is 9.54. The smallest absolute Gasteiger partial charge is 0.125 e. The van der Waals surface area contributed by atoms with Crippen LogP contribution in [0.3, 0.4) is 0 Å². The molecule has 0 aliphatic heterocycles. The van der Waals surface area contributed by atoms with Crippen LogP contribution in [0.15, 0.2) is 22.7 Å². The Morgan fingerprint density at radius 3 is 2.85 bits per heavy atom. The van der Waals surface area contributed by atoms with E-state index in [0.29, 0.717) is 9.50 Å². The van der Waals surface area contributed by atoms with Crippen LogP contribution in [0.4, 0.5) is 10.1 Å². The van der Waals surface area contributed by atoms with E-state index in [4.69, 9.17) is 23.2 Å². The van der Waals surface area contributed by atoms with Gasteiger partial charge in [0.1, 0.15) is 5.82 Å². The molecule has 3 rings (SSSR count). The Hall–Kier alpha value is -0.290. The van der Waals surface area contributed by atoms with Crippen molar-refractivity contribution in [1.29, 1.82) is 0 Å². The molecule has 0 fully saturated rings. The molecule has 20 heavy (non-hydrogen) atoms. The first-order valence-electron chi connectivity index (χ1n) is 6.24. The highest BCUT2D eigenvalue weighted by Gasteiger charge is 2.24. The number of fused-ring (bicyclic) bond motifs is 1. The van der Waals surface area contributed by atoms with Crippen molar-refractivity contribution >= 4 is 56.2 Å². The molecule has 1 aliphatic rings. The molecular formula is C14H11BrCl2FNS. The number of anilines is 1. The van der Waals surface area contributed by atoms with E-state index in [-0.39, 0.29) is 11.9 Å². The van der Waals surface area contributed by atoms with Crippen LogP contribution < -0.4 is 5.32 Å². The highest BCUT2D eigenvalue weighted by atomic mass is 79.9. The van der Waals surface area contributed by atoms with Crippen LogP contribution in [-0.4, -0.2) is 0 Å². The summed E-state index contributed by atoms with van der Waals surface area (Å²) in [4.78, 5) is 1.33. The molecule has 0 saturated heterocycles. The fourth-order valence-electron chi connectivity index (χ4n) is 2.53. The van der Waals surface area contributed by atoms with Crippen molar-refractivity contribution in [2.75, 3.05) is 5.32 Å². The van der Waals surface area contributed by atoms with Crippen LogP contribution in [0.2, 0.25) is 9.36 Å². The van der Waals surface area contributed by atoms with Gasteiger partial charge in [0.05, 0.1) is 21.1 Å². The van der Waals surface area contributed by atoms with Gasteiger partial charge in [-0.3, -0.25) is 0 Å². The van der Waals surface area contributed by atoms with E-state index in [1.807, 2.05) is 6.07 Å². The van der Waals surface area contributed by atoms with Gasteiger partial charge >= 0.3 is 0 Å². The number of halogens is 4. The average Bonchev–Trinajstić information content (AvgIpc) is 2.74. The number of hydrogen-bond acceptors (Lipinski definition) is 2. The summed E-state index contributed by atoms with van der Waals surface area (Å²) >= 11 is 17.2. The third kappa shape index (κ3) is 2.84. The van der Waals surface area contributed by atoms with Gasteiger partial charge in [-0.25, -0.2) is 4.39 Å². The zero-order valence-electron chi connectivity index (χ0n) is 10.4. The van der Waals surface area contributed by atoms with Gasteiger partial charge in [-0.15, -0.1) is 11.3 Å². The number of thiophene rings is 1. The monoisotopic (exact) mass is 393 g/mol. The summed E-state index contributed by atoms with van der Waals surface area (Å²) in [6.45, 7) is 0. The molecule has 1 N–H and O–H groups in total. The van der Waals surface area contributed by atoms with Gasteiger partial charge in [0.2, 0.25) is 0 Å². The molecular weight excluding hydrogens is 384 g/mol. The minimum Gasteiger partial charge on any atom is -0.376 e. The molecule has 106 valence electrons. The lowest BCUT2D eigenvalue weighted by molar-refractivity contribution is 0.607. The van der Waals surface area contributed by atoms with E-state index in [1.165, 1.54) is 22.6 Å². The molecule has 0 spiro atoms. The van der Waals surface area contributed by atoms with Crippen molar-refractivity contribution in [3.8, 4) is 0 Å². The van der Waals surface area contributed by atoms with E-state index in [1.54, 1.807) is 11.3 Å². The Morgan fingerprint density at radius 1 is 1.30 bits per heavy atom. The zero-order valence-corrected chi connectivity index (χ0v) is 14.3. The van der Waals surface area contributed by atoms with Gasteiger partial charge in [-0.1, -0.05) is 23.2 Å². The van der Waals surface area contributed by atoms with E-state index in [2.05, 4.69) is 21.2 Å². The summed E-state index contributed by atoms with van der Waals surface area (Å²) in [7, 11) is 0. The summed E-state index contributed by atoms with van der Waals surface area (Å²) in [5.74, 6) is -0.352. The predicted octanol–water partition coefficient (Wildman–Crippen LogP) is 6.45. The standard InChI is InChI=1S/C14H11BrCl2FNS/c15-9-4-7(18)5-10(16)14(9)19-11-2-1-3-12-8(11)6-13(17)20-12/h4-6,11,19H,1-3H2. The summed E-state index contributed by atoms with van der Waals surface area (Å²) in [5.41, 5.74) is 1.96. The molecule has 0 saturated carbocycles. The lowest BCUT2D eigenvalue weighted by Crippen LogP contribution is -2.16. The normalized spacial score (nSPS) is 17.9. The Balaban J connectivity index is 1.93. The van der Waals surface area contributed by atoms with Crippen LogP contribution in [0.25, 0.3) is 0 Å². The summed E-state index contributed by atoms with van der Waals surface area (Å²) in [6.07, 6.45) is 3.20. The Labute approximate surface area is 139 Å². The van der Waals surface area contributed by atoms with Crippen molar-refractivity contribution in [3.63, 3.8) is 0 Å². The molecule has 0 amide bonds. The lowest BCUT2D eigenvalue weighted by atomic mass is 9.94. The van der Waals surface area contributed by atoms with Gasteiger partial charge in [0, 0.05) is 9.35 Å². The van der Waals surface area contributed by atoms with Crippen LogP contribution in [0.5, 0.6) is 0 Å². The Bertz CT molecular complexity index is 636. The topological polar surface area (TPSA) is 12.0 Å². The number of hydrogen-bond donors (Lipinski definition) is 1. The van der Waals surface area contributed by atoms with E-state index >= 15 is 0 Å². The molecule has 1 atom stereocenters. The largest absolute Gasteiger partial charge is 0.376 e. The van der Waals surface area contributed by atoms with Crippen molar-refractivity contribution in [1.82, 2.24) is 0 Å². The van der Waals surface area contributed by atoms with Crippen LogP contribution in [0, 0.1) is 5.82 Å². The van der Waals surface area contributed by atoms with E-state index in [0.717, 1.165) is 29.3 Å². The first-order valence-corrected chi connectivity index (χ1v) is 8.60. The molecule has 1 aliphatic carbocycles. The second kappa shape index (κ2) is 5.84. The van der Waals surface area contributed by atoms with Gasteiger partial charge in [-0.05, 0) is 59.0 Å². The fraction of sp³-hybridized carbons (Fsp3) is 0.286. The minimum atomic E-state index is -0.352. The van der Waals surface area contributed by atoms with Gasteiger partial charge in [-0.2, -0.15) is 0 Å². The average molecular weight is 395 g/mol. The SMILES string of the molecule is Fc1cc(Cl)c(NC2CCCc3sc(Cl)cc32)c(Br)c1. The summed E-state index contributed by atoms with van der Waals surface area (Å²) in [6, 6.07) is 4.92. The molecule has 0 bridgehead atoms. The number of rotatable bonds is 2. The molecule has 0 radical (unpaired) electrons. The third-order valence-corrected chi connectivity index (χ3v) is 5.67. The summed E-state index contributed by atoms with van der Waals surface area (Å²) < 4.78 is 14.7. The van der Waals surface area contributed by atoms with Crippen molar-refractivity contribution < 1.29 is 4.39 Å². The quantitative estimate of drug-likeness (QED) is 0.617. The predicted molar refractivity (Wildman–Crippen MR) is 87.7 cm³/mol. The third-order valence-electron chi connectivity index (χ3n) is 3.41. The van der Waals surface area contributed by atoms with Crippen molar-refractivity contribution in [2.45, 2.75) is 25.3 Å². The zero-order chi connectivity index (χ0) is 14.3. The molecule has 2 aromatic rings. The van der Waals surface area contributed by atoms with E-state index in [9.17, 15) is 4.39 Å². The van der Waals surface area contributed by atoms with Crippen LogP contribution in [-0.2, 0) is 6.42 Å². The van der Waals surface area contributed by atoms with Crippen molar-refractivity contribution in [3.05, 3.63) is 48.3 Å². The van der Waals surface area contributed by atoms with Gasteiger partial charge < -0.3 is 5.32 Å². The van der Waals surface area contributed by atoms with Gasteiger partial charge in [0.25, 0.3) is 0 Å². The highest BCUT2D eigenvalue weighted by Crippen LogP contribution is 2.42. The molecule has 1 aromatic carbocycles. The van der Waals surface area contributed by atoms with E-state index < -0.39 is 0 Å². The Morgan fingerprint density at radius 2 is 2.10 bits per heavy atom. The maximum atomic E-state index is 13.3. The molecule has 1 unspecified atom stereocenters. The maximum Gasteiger partial charge on any atom is 0.125 e. The fourth-order valence-corrected chi connectivity index (χ4v) is 4.83. The molecule has 1 aromatic heterocycles. The number of nitrogens with one attached hydrogen (secondary N) is 1. The summed E-state index contributed by atoms with van der Waals surface area (Å²) in [5, 5.41) is 3.80.